The van der Waals surface area contributed by atoms with Crippen LogP contribution in [0.15, 0.2) is 59.4 Å². The summed E-state index contributed by atoms with van der Waals surface area (Å²) in [5, 5.41) is 6.42. The zero-order valence-corrected chi connectivity index (χ0v) is 31.0. The van der Waals surface area contributed by atoms with E-state index in [2.05, 4.69) is 23.5 Å². The van der Waals surface area contributed by atoms with E-state index in [-0.39, 0.29) is 57.5 Å². The van der Waals surface area contributed by atoms with Crippen LogP contribution >= 0.6 is 11.3 Å². The third-order valence-electron chi connectivity index (χ3n) is 11.1. The number of carbonyl (C=O) groups excluding carboxylic acids is 1. The highest BCUT2D eigenvalue weighted by Crippen LogP contribution is 2.52. The van der Waals surface area contributed by atoms with E-state index in [1.54, 1.807) is 28.8 Å². The summed E-state index contributed by atoms with van der Waals surface area (Å²) in [5.74, 6) is -2.54. The quantitative estimate of drug-likeness (QED) is 0.104. The number of amides is 1. The Bertz CT molecular complexity index is 2350. The molecule has 1 aliphatic carbocycles. The molecule has 5 aromatic rings. The molecule has 3 aromatic heterocycles. The van der Waals surface area contributed by atoms with Gasteiger partial charge in [-0.1, -0.05) is 18.7 Å². The third-order valence-corrected chi connectivity index (χ3v) is 12.0. The van der Waals surface area contributed by atoms with Crippen LogP contribution < -0.4 is 10.5 Å². The summed E-state index contributed by atoms with van der Waals surface area (Å²) in [6.45, 7) is 11.6. The number of pyridine rings is 1. The molecule has 1 amide bonds. The number of rotatable bonds is 7. The lowest BCUT2D eigenvalue weighted by molar-refractivity contribution is -0.131. The first kappa shape index (κ1) is 35.0. The van der Waals surface area contributed by atoms with E-state index in [9.17, 15) is 4.79 Å². The van der Waals surface area contributed by atoms with Gasteiger partial charge < -0.3 is 20.3 Å². The third kappa shape index (κ3) is 5.72. The molecule has 0 radical (unpaired) electrons. The smallest absolute Gasteiger partial charge is 0.246 e. The molecule has 2 aliphatic heterocycles. The summed E-state index contributed by atoms with van der Waals surface area (Å²) in [4.78, 5) is 26.3. The summed E-state index contributed by atoms with van der Waals surface area (Å²) >= 11 is 1.13. The highest BCUT2D eigenvalue weighted by atomic mass is 32.1. The molecule has 274 valence electrons. The zero-order chi connectivity index (χ0) is 37.5. The summed E-state index contributed by atoms with van der Waals surface area (Å²) in [6.07, 6.45) is 2.54. The minimum atomic E-state index is -0.906. The van der Waals surface area contributed by atoms with Crippen molar-refractivity contribution in [3.05, 3.63) is 83.1 Å². The second-order valence-corrected chi connectivity index (χ2v) is 15.7. The standard InChI is InChI=1S/C40H40F3N7O2S/c1-7-33(51)50-20(2)16-49-31(22(50)4)13-30(47-49)38-36(34-27(42)11-24(41)12-32(34)52-25-14-40(15-25)18-48(6)19-40)35-28(43)17-53-39(35)37(46-38)23-8-9-26(21(3)45-5)29(44)10-23/h7-13,17,20,22,25H,1,14-16,18-19,44H2,2-6H3/t20-,22+/m1/s1. The van der Waals surface area contributed by atoms with E-state index in [1.165, 1.54) is 17.5 Å². The number of ether oxygens (including phenoxy) is 1. The number of anilines is 1. The fourth-order valence-electron chi connectivity index (χ4n) is 8.68. The molecule has 9 nitrogen and oxygen atoms in total. The van der Waals surface area contributed by atoms with Crippen LogP contribution in [-0.2, 0) is 11.3 Å². The second kappa shape index (κ2) is 12.8. The van der Waals surface area contributed by atoms with Crippen molar-refractivity contribution in [1.29, 1.82) is 0 Å². The Kier molecular flexibility index (Phi) is 8.49. The molecule has 8 rings (SSSR count). The minimum Gasteiger partial charge on any atom is -0.490 e. The van der Waals surface area contributed by atoms with Crippen LogP contribution in [0.1, 0.15) is 50.9 Å². The average Bonchev–Trinajstić information content (AvgIpc) is 3.69. The van der Waals surface area contributed by atoms with Crippen LogP contribution in [0.25, 0.3) is 43.9 Å². The molecule has 1 saturated heterocycles. The highest BCUT2D eigenvalue weighted by Gasteiger charge is 2.52. The molecule has 2 aromatic carbocycles. The van der Waals surface area contributed by atoms with Crippen LogP contribution in [0.3, 0.4) is 0 Å². The average molecular weight is 740 g/mol. The first-order valence-corrected chi connectivity index (χ1v) is 18.5. The van der Waals surface area contributed by atoms with Gasteiger partial charge in [-0.2, -0.15) is 5.10 Å². The lowest BCUT2D eigenvalue weighted by Gasteiger charge is -2.57. The molecule has 2 atom stereocenters. The largest absolute Gasteiger partial charge is 0.490 e. The molecule has 1 saturated carbocycles. The Balaban J connectivity index is 1.36. The maximum absolute atomic E-state index is 16.5. The molecule has 0 unspecified atom stereocenters. The van der Waals surface area contributed by atoms with Crippen molar-refractivity contribution in [3.63, 3.8) is 0 Å². The number of likely N-dealkylation sites (tertiary alicyclic amines) is 1. The highest BCUT2D eigenvalue weighted by molar-refractivity contribution is 7.17. The van der Waals surface area contributed by atoms with E-state index in [0.29, 0.717) is 33.9 Å². The number of halogens is 3. The number of nitrogen functional groups attached to an aromatic ring is 1. The van der Waals surface area contributed by atoms with Crippen molar-refractivity contribution in [2.24, 2.45) is 10.4 Å². The van der Waals surface area contributed by atoms with Crippen molar-refractivity contribution < 1.29 is 22.7 Å². The Hall–Kier alpha value is -5.01. The topological polar surface area (TPSA) is 102 Å². The van der Waals surface area contributed by atoms with E-state index in [1.807, 2.05) is 32.9 Å². The summed E-state index contributed by atoms with van der Waals surface area (Å²) in [7, 11) is 3.75. The summed E-state index contributed by atoms with van der Waals surface area (Å²) < 4.78 is 56.6. The number of hydrogen-bond acceptors (Lipinski definition) is 8. The number of fused-ring (bicyclic) bond motifs is 2. The molecule has 0 bridgehead atoms. The van der Waals surface area contributed by atoms with Crippen molar-refractivity contribution >= 4 is 38.7 Å². The zero-order valence-electron chi connectivity index (χ0n) is 30.2. The van der Waals surface area contributed by atoms with Gasteiger partial charge in [0, 0.05) is 82.6 Å². The molecule has 13 heteroatoms. The Labute approximate surface area is 309 Å². The lowest BCUT2D eigenvalue weighted by atomic mass is 9.62. The predicted octanol–water partition coefficient (Wildman–Crippen LogP) is 7.88. The fraction of sp³-hybridized carbons (Fsp3) is 0.350. The Morgan fingerprint density at radius 3 is 2.53 bits per heavy atom. The van der Waals surface area contributed by atoms with E-state index in [0.717, 1.165) is 60.3 Å². The van der Waals surface area contributed by atoms with Gasteiger partial charge in [0.2, 0.25) is 5.91 Å². The first-order chi connectivity index (χ1) is 25.3. The number of hydrogen-bond donors (Lipinski definition) is 1. The number of nitrogens with two attached hydrogens (primary N) is 1. The number of nitrogens with zero attached hydrogens (tertiary/aromatic N) is 6. The van der Waals surface area contributed by atoms with Gasteiger partial charge in [0.05, 0.1) is 40.3 Å². The number of benzene rings is 2. The number of aromatic nitrogens is 3. The Morgan fingerprint density at radius 1 is 1.09 bits per heavy atom. The normalized spacial score (nSPS) is 20.0. The molecular weight excluding hydrogens is 700 g/mol. The van der Waals surface area contributed by atoms with Gasteiger partial charge in [0.1, 0.15) is 34.6 Å². The van der Waals surface area contributed by atoms with Crippen LogP contribution in [0.2, 0.25) is 0 Å². The molecular formula is C40H40F3N7O2S. The number of thiophene rings is 1. The molecule has 2 N–H and O–H groups in total. The van der Waals surface area contributed by atoms with Gasteiger partial charge in [-0.05, 0) is 58.9 Å². The number of carbonyl (C=O) groups is 1. The van der Waals surface area contributed by atoms with Crippen molar-refractivity contribution in [2.75, 3.05) is 32.9 Å². The van der Waals surface area contributed by atoms with Gasteiger partial charge in [-0.3, -0.25) is 14.5 Å². The van der Waals surface area contributed by atoms with E-state index < -0.39 is 17.5 Å². The van der Waals surface area contributed by atoms with Gasteiger partial charge in [0.25, 0.3) is 0 Å². The van der Waals surface area contributed by atoms with Crippen molar-refractivity contribution in [3.8, 4) is 39.5 Å². The lowest BCUT2D eigenvalue weighted by Crippen LogP contribution is -2.63. The maximum atomic E-state index is 16.5. The molecule has 53 heavy (non-hydrogen) atoms. The summed E-state index contributed by atoms with van der Waals surface area (Å²) in [6, 6.07) is 8.63. The fourth-order valence-corrected chi connectivity index (χ4v) is 9.61. The predicted molar refractivity (Wildman–Crippen MR) is 203 cm³/mol. The molecule has 5 heterocycles. The molecule has 3 aliphatic rings. The van der Waals surface area contributed by atoms with Gasteiger partial charge in [-0.25, -0.2) is 18.2 Å². The second-order valence-electron chi connectivity index (χ2n) is 14.8. The minimum absolute atomic E-state index is 0.0191. The van der Waals surface area contributed by atoms with E-state index in [4.69, 9.17) is 20.6 Å². The van der Waals surface area contributed by atoms with Gasteiger partial charge in [-0.15, -0.1) is 11.3 Å². The van der Waals surface area contributed by atoms with Gasteiger partial charge in [0.15, 0.2) is 0 Å². The monoisotopic (exact) mass is 739 g/mol. The van der Waals surface area contributed by atoms with Crippen molar-refractivity contribution in [2.45, 2.75) is 58.3 Å². The maximum Gasteiger partial charge on any atom is 0.246 e. The van der Waals surface area contributed by atoms with Crippen molar-refractivity contribution in [1.82, 2.24) is 24.6 Å². The van der Waals surface area contributed by atoms with Gasteiger partial charge >= 0.3 is 0 Å². The van der Waals surface area contributed by atoms with Crippen LogP contribution in [0.5, 0.6) is 5.75 Å². The molecule has 2 fully saturated rings. The Morgan fingerprint density at radius 2 is 1.85 bits per heavy atom. The summed E-state index contributed by atoms with van der Waals surface area (Å²) in [5.41, 5.74) is 10.9. The molecule has 1 spiro atoms. The first-order valence-electron chi connectivity index (χ1n) is 17.6. The number of aliphatic imine (C=N–C) groups is 1. The van der Waals surface area contributed by atoms with Crippen LogP contribution in [0, 0.1) is 22.9 Å². The van der Waals surface area contributed by atoms with Crippen LogP contribution in [0.4, 0.5) is 18.9 Å². The van der Waals surface area contributed by atoms with E-state index >= 15 is 13.2 Å². The SMILES string of the molecule is C=CC(=O)N1[C@H](C)Cn2nc(-c3nc(-c4ccc(C(C)=NC)c(N)c4)c4scc(F)c4c3-c3c(F)cc(F)cc3OC3CC4(C3)CN(C)C4)cc2[C@@H]1C. The van der Waals surface area contributed by atoms with Crippen LogP contribution in [-0.4, -0.2) is 75.5 Å².